The predicted octanol–water partition coefficient (Wildman–Crippen LogP) is 0.813. The average molecular weight is 268 g/mol. The zero-order chi connectivity index (χ0) is 14.3. The van der Waals surface area contributed by atoms with E-state index >= 15 is 0 Å². The van der Waals surface area contributed by atoms with Crippen molar-refractivity contribution in [2.75, 3.05) is 13.2 Å². The van der Waals surface area contributed by atoms with Crippen LogP contribution in [-0.4, -0.2) is 39.6 Å². The average Bonchev–Trinajstić information content (AvgIpc) is 2.75. The van der Waals surface area contributed by atoms with Crippen LogP contribution in [0.5, 0.6) is 0 Å². The van der Waals surface area contributed by atoms with Gasteiger partial charge in [-0.2, -0.15) is 5.10 Å². The van der Waals surface area contributed by atoms with Crippen LogP contribution in [0, 0.1) is 0 Å². The fraction of sp³-hybridized carbons (Fsp3) is 0.692. The number of aromatic nitrogens is 2. The molecule has 19 heavy (non-hydrogen) atoms. The van der Waals surface area contributed by atoms with E-state index in [1.54, 1.807) is 10.9 Å². The van der Waals surface area contributed by atoms with Gasteiger partial charge in [0.15, 0.2) is 0 Å². The molecule has 6 nitrogen and oxygen atoms in total. The number of carbonyl (C=O) groups excluding carboxylic acids is 1. The predicted molar refractivity (Wildman–Crippen MR) is 73.8 cm³/mol. The molecule has 3 N–H and O–H groups in total. The van der Waals surface area contributed by atoms with Crippen molar-refractivity contribution in [3.63, 3.8) is 0 Å². The number of aryl methyl sites for hydroxylation is 1. The molecular formula is C13H24N4O2. The molecule has 0 aliphatic carbocycles. The van der Waals surface area contributed by atoms with Gasteiger partial charge in [0, 0.05) is 31.9 Å². The lowest BCUT2D eigenvalue weighted by Crippen LogP contribution is -2.50. The molecule has 0 bridgehead atoms. The van der Waals surface area contributed by atoms with Crippen molar-refractivity contribution in [2.45, 2.75) is 38.6 Å². The second-order valence-corrected chi connectivity index (χ2v) is 5.04. The van der Waals surface area contributed by atoms with Crippen molar-refractivity contribution in [3.8, 4) is 0 Å². The topological polar surface area (TPSA) is 79.2 Å². The monoisotopic (exact) mass is 268 g/mol. The summed E-state index contributed by atoms with van der Waals surface area (Å²) in [7, 11) is 1.87. The Kier molecular flexibility index (Phi) is 5.82. The van der Waals surface area contributed by atoms with Gasteiger partial charge in [0.2, 0.25) is 0 Å². The summed E-state index contributed by atoms with van der Waals surface area (Å²) in [6.07, 6.45) is 5.82. The SMILES string of the molecule is CCC(C)(CCO)NC(=O)NCCc1cnn(C)c1. The van der Waals surface area contributed by atoms with Gasteiger partial charge in [-0.3, -0.25) is 4.68 Å². The highest BCUT2D eigenvalue weighted by atomic mass is 16.3. The molecule has 1 atom stereocenters. The Balaban J connectivity index is 2.31. The zero-order valence-electron chi connectivity index (χ0n) is 11.9. The first-order chi connectivity index (χ1) is 8.99. The summed E-state index contributed by atoms with van der Waals surface area (Å²) in [6, 6.07) is -0.193. The lowest BCUT2D eigenvalue weighted by Gasteiger charge is -2.28. The third-order valence-corrected chi connectivity index (χ3v) is 3.32. The maximum absolute atomic E-state index is 11.8. The lowest BCUT2D eigenvalue weighted by atomic mass is 9.95. The summed E-state index contributed by atoms with van der Waals surface area (Å²) in [5, 5.41) is 18.8. The van der Waals surface area contributed by atoms with E-state index in [1.807, 2.05) is 27.1 Å². The summed E-state index contributed by atoms with van der Waals surface area (Å²) in [5.41, 5.74) is 0.740. The second-order valence-electron chi connectivity index (χ2n) is 5.04. The Labute approximate surface area is 114 Å². The molecule has 108 valence electrons. The summed E-state index contributed by atoms with van der Waals surface area (Å²) in [5.74, 6) is 0. The van der Waals surface area contributed by atoms with Gasteiger partial charge in [-0.25, -0.2) is 4.79 Å². The van der Waals surface area contributed by atoms with E-state index in [0.717, 1.165) is 18.4 Å². The molecule has 0 aliphatic rings. The van der Waals surface area contributed by atoms with Crippen molar-refractivity contribution in [3.05, 3.63) is 18.0 Å². The van der Waals surface area contributed by atoms with Crippen LogP contribution in [-0.2, 0) is 13.5 Å². The highest BCUT2D eigenvalue weighted by Gasteiger charge is 2.23. The maximum atomic E-state index is 11.8. The molecule has 2 amide bonds. The van der Waals surface area contributed by atoms with Gasteiger partial charge in [0.05, 0.1) is 6.20 Å². The smallest absolute Gasteiger partial charge is 0.315 e. The number of aliphatic hydroxyl groups is 1. The minimum atomic E-state index is -0.354. The van der Waals surface area contributed by atoms with Crippen LogP contribution >= 0.6 is 0 Å². The molecule has 0 spiro atoms. The van der Waals surface area contributed by atoms with Gasteiger partial charge >= 0.3 is 6.03 Å². The molecule has 1 heterocycles. The van der Waals surface area contributed by atoms with E-state index in [2.05, 4.69) is 15.7 Å². The van der Waals surface area contributed by atoms with Crippen molar-refractivity contribution >= 4 is 6.03 Å². The third kappa shape index (κ3) is 5.30. The van der Waals surface area contributed by atoms with E-state index < -0.39 is 0 Å². The molecule has 0 fully saturated rings. The standard InChI is InChI=1S/C13H24N4O2/c1-4-13(2,6-8-18)16-12(19)14-7-5-11-9-15-17(3)10-11/h9-10,18H,4-8H2,1-3H3,(H2,14,16,19). The Bertz CT molecular complexity index is 405. The van der Waals surface area contributed by atoms with Crippen molar-refractivity contribution in [1.29, 1.82) is 0 Å². The van der Waals surface area contributed by atoms with Gasteiger partial charge in [-0.05, 0) is 31.7 Å². The number of nitrogens with zero attached hydrogens (tertiary/aromatic N) is 2. The van der Waals surface area contributed by atoms with Gasteiger partial charge < -0.3 is 15.7 Å². The maximum Gasteiger partial charge on any atom is 0.315 e. The fourth-order valence-electron chi connectivity index (χ4n) is 1.81. The Morgan fingerprint density at radius 1 is 1.58 bits per heavy atom. The van der Waals surface area contributed by atoms with E-state index in [4.69, 9.17) is 5.11 Å². The zero-order valence-corrected chi connectivity index (χ0v) is 11.9. The number of amides is 2. The normalized spacial score (nSPS) is 13.9. The number of nitrogens with one attached hydrogen (secondary N) is 2. The van der Waals surface area contributed by atoms with Crippen LogP contribution in [0.2, 0.25) is 0 Å². The van der Waals surface area contributed by atoms with E-state index in [1.165, 1.54) is 0 Å². The van der Waals surface area contributed by atoms with Crippen LogP contribution in [0.25, 0.3) is 0 Å². The van der Waals surface area contributed by atoms with Crippen LogP contribution < -0.4 is 10.6 Å². The first kappa shape index (κ1) is 15.5. The van der Waals surface area contributed by atoms with Gasteiger partial charge in [0.1, 0.15) is 0 Å². The first-order valence-corrected chi connectivity index (χ1v) is 6.63. The van der Waals surface area contributed by atoms with E-state index in [9.17, 15) is 4.79 Å². The number of hydrogen-bond donors (Lipinski definition) is 3. The largest absolute Gasteiger partial charge is 0.396 e. The molecule has 0 aliphatic heterocycles. The van der Waals surface area contributed by atoms with E-state index in [0.29, 0.717) is 13.0 Å². The van der Waals surface area contributed by atoms with Crippen LogP contribution in [0.4, 0.5) is 4.79 Å². The van der Waals surface area contributed by atoms with Crippen LogP contribution in [0.15, 0.2) is 12.4 Å². The van der Waals surface area contributed by atoms with Gasteiger partial charge in [0.25, 0.3) is 0 Å². The fourth-order valence-corrected chi connectivity index (χ4v) is 1.81. The number of carbonyl (C=O) groups is 1. The molecule has 0 saturated heterocycles. The summed E-state index contributed by atoms with van der Waals surface area (Å²) in [6.45, 7) is 4.56. The second kappa shape index (κ2) is 7.13. The molecule has 0 aromatic carbocycles. The molecule has 1 unspecified atom stereocenters. The molecule has 1 aromatic rings. The molecule has 1 aromatic heterocycles. The van der Waals surface area contributed by atoms with E-state index in [-0.39, 0.29) is 18.2 Å². The lowest BCUT2D eigenvalue weighted by molar-refractivity contribution is 0.201. The highest BCUT2D eigenvalue weighted by molar-refractivity contribution is 5.74. The first-order valence-electron chi connectivity index (χ1n) is 6.63. The van der Waals surface area contributed by atoms with Crippen molar-refractivity contribution < 1.29 is 9.90 Å². The summed E-state index contributed by atoms with van der Waals surface area (Å²) < 4.78 is 1.74. The number of hydrogen-bond acceptors (Lipinski definition) is 3. The van der Waals surface area contributed by atoms with Crippen LogP contribution in [0.1, 0.15) is 32.3 Å². The minimum absolute atomic E-state index is 0.0697. The number of rotatable bonds is 7. The Morgan fingerprint density at radius 2 is 2.32 bits per heavy atom. The summed E-state index contributed by atoms with van der Waals surface area (Å²) >= 11 is 0. The Morgan fingerprint density at radius 3 is 2.84 bits per heavy atom. The molecule has 0 radical (unpaired) electrons. The van der Waals surface area contributed by atoms with Gasteiger partial charge in [-0.15, -0.1) is 0 Å². The van der Waals surface area contributed by atoms with Crippen molar-refractivity contribution in [1.82, 2.24) is 20.4 Å². The highest BCUT2D eigenvalue weighted by Crippen LogP contribution is 2.13. The molecule has 0 saturated carbocycles. The van der Waals surface area contributed by atoms with Crippen LogP contribution in [0.3, 0.4) is 0 Å². The molecular weight excluding hydrogens is 244 g/mol. The van der Waals surface area contributed by atoms with Gasteiger partial charge in [-0.1, -0.05) is 6.92 Å². The Hall–Kier alpha value is -1.56. The van der Waals surface area contributed by atoms with Crippen molar-refractivity contribution in [2.24, 2.45) is 7.05 Å². The molecule has 1 rings (SSSR count). The number of urea groups is 1. The molecule has 6 heteroatoms. The minimum Gasteiger partial charge on any atom is -0.396 e. The third-order valence-electron chi connectivity index (χ3n) is 3.32. The quantitative estimate of drug-likeness (QED) is 0.685. The summed E-state index contributed by atoms with van der Waals surface area (Å²) in [4.78, 5) is 11.8. The number of aliphatic hydroxyl groups excluding tert-OH is 1.